The molecule has 6 nitrogen and oxygen atoms in total. The van der Waals surface area contributed by atoms with E-state index >= 15 is 0 Å². The molecule has 0 saturated heterocycles. The maximum atomic E-state index is 11.8. The molecule has 1 heterocycles. The molecule has 28 heavy (non-hydrogen) atoms. The zero-order valence-electron chi connectivity index (χ0n) is 16.1. The zero-order chi connectivity index (χ0) is 20.3. The van der Waals surface area contributed by atoms with Gasteiger partial charge in [0.05, 0.1) is 23.4 Å². The minimum Gasteiger partial charge on any atom is -0.465 e. The van der Waals surface area contributed by atoms with E-state index in [4.69, 9.17) is 16.3 Å². The number of aromatic nitrogens is 2. The number of nitrogens with zero attached hydrogens (tertiary/aromatic N) is 2. The lowest BCUT2D eigenvalue weighted by atomic mass is 10.1. The van der Waals surface area contributed by atoms with Gasteiger partial charge in [-0.3, -0.25) is 0 Å². The van der Waals surface area contributed by atoms with E-state index in [1.807, 2.05) is 25.1 Å². The predicted octanol–water partition coefficient (Wildman–Crippen LogP) is 5.33. The average Bonchev–Trinajstić information content (AvgIpc) is 2.65. The molecular weight excluding hydrogens is 376 g/mol. The Morgan fingerprint density at radius 1 is 0.964 bits per heavy atom. The number of carbonyl (C=O) groups excluding carboxylic acids is 1. The number of benzene rings is 2. The largest absolute Gasteiger partial charge is 0.465 e. The van der Waals surface area contributed by atoms with Crippen LogP contribution in [0.1, 0.15) is 27.2 Å². The molecular formula is C21H21ClN4O2. The molecule has 1 aromatic heterocycles. The Balaban J connectivity index is 1.87. The number of anilines is 4. The Kier molecular flexibility index (Phi) is 5.80. The average molecular weight is 397 g/mol. The number of nitrogens with one attached hydrogen (secondary N) is 2. The summed E-state index contributed by atoms with van der Waals surface area (Å²) in [4.78, 5) is 20.7. The number of hydrogen-bond acceptors (Lipinski definition) is 6. The summed E-state index contributed by atoms with van der Waals surface area (Å²) in [5.74, 6) is 0.587. The summed E-state index contributed by atoms with van der Waals surface area (Å²) in [6, 6.07) is 12.7. The summed E-state index contributed by atoms with van der Waals surface area (Å²) in [5, 5.41) is 6.84. The maximum absolute atomic E-state index is 11.8. The van der Waals surface area contributed by atoms with E-state index in [0.29, 0.717) is 28.0 Å². The van der Waals surface area contributed by atoms with Crippen molar-refractivity contribution in [2.75, 3.05) is 17.7 Å². The molecule has 0 atom stereocenters. The number of rotatable bonds is 5. The first-order valence-corrected chi connectivity index (χ1v) is 9.08. The van der Waals surface area contributed by atoms with Crippen molar-refractivity contribution >= 4 is 40.7 Å². The van der Waals surface area contributed by atoms with Crippen LogP contribution in [0.15, 0.2) is 42.5 Å². The van der Waals surface area contributed by atoms with Crippen molar-refractivity contribution in [3.8, 4) is 0 Å². The highest BCUT2D eigenvalue weighted by molar-refractivity contribution is 6.33. The molecule has 0 radical (unpaired) electrons. The smallest absolute Gasteiger partial charge is 0.337 e. The van der Waals surface area contributed by atoms with Crippen LogP contribution in [0.2, 0.25) is 5.02 Å². The summed E-state index contributed by atoms with van der Waals surface area (Å²) < 4.78 is 4.76. The van der Waals surface area contributed by atoms with Crippen molar-refractivity contribution < 1.29 is 9.53 Å². The first-order chi connectivity index (χ1) is 13.4. The Morgan fingerprint density at radius 3 is 2.46 bits per heavy atom. The molecule has 2 aromatic carbocycles. The van der Waals surface area contributed by atoms with Gasteiger partial charge in [-0.1, -0.05) is 17.7 Å². The highest BCUT2D eigenvalue weighted by atomic mass is 35.5. The van der Waals surface area contributed by atoms with Gasteiger partial charge in [-0.25, -0.2) is 9.78 Å². The lowest BCUT2D eigenvalue weighted by Gasteiger charge is -2.12. The van der Waals surface area contributed by atoms with Crippen LogP contribution in [0, 0.1) is 20.8 Å². The van der Waals surface area contributed by atoms with Crippen LogP contribution < -0.4 is 10.6 Å². The van der Waals surface area contributed by atoms with Crippen LogP contribution in [-0.2, 0) is 4.74 Å². The Labute approximate surface area is 168 Å². The number of halogens is 1. The number of carbonyl (C=O) groups is 1. The van der Waals surface area contributed by atoms with Crippen molar-refractivity contribution in [2.24, 2.45) is 0 Å². The fraction of sp³-hybridized carbons (Fsp3) is 0.190. The second-order valence-corrected chi connectivity index (χ2v) is 6.86. The van der Waals surface area contributed by atoms with Gasteiger partial charge in [-0.05, 0) is 62.2 Å². The lowest BCUT2D eigenvalue weighted by molar-refractivity contribution is 0.0601. The second kappa shape index (κ2) is 8.27. The lowest BCUT2D eigenvalue weighted by Crippen LogP contribution is -2.05. The topological polar surface area (TPSA) is 76.1 Å². The molecule has 0 aliphatic carbocycles. The molecule has 0 bridgehead atoms. The predicted molar refractivity (Wildman–Crippen MR) is 112 cm³/mol. The Morgan fingerprint density at radius 2 is 1.75 bits per heavy atom. The minimum absolute atomic E-state index is 0.397. The van der Waals surface area contributed by atoms with Gasteiger partial charge < -0.3 is 15.4 Å². The van der Waals surface area contributed by atoms with Crippen LogP contribution in [0.5, 0.6) is 0 Å². The quantitative estimate of drug-likeness (QED) is 0.568. The van der Waals surface area contributed by atoms with Crippen molar-refractivity contribution in [3.05, 3.63) is 69.9 Å². The summed E-state index contributed by atoms with van der Waals surface area (Å²) in [7, 11) is 1.34. The molecule has 0 fully saturated rings. The van der Waals surface area contributed by atoms with Crippen molar-refractivity contribution in [1.29, 1.82) is 0 Å². The maximum Gasteiger partial charge on any atom is 0.337 e. The number of ether oxygens (including phenoxy) is 1. The van der Waals surface area contributed by atoms with Gasteiger partial charge in [-0.15, -0.1) is 0 Å². The molecule has 0 aliphatic rings. The van der Waals surface area contributed by atoms with E-state index in [-0.39, 0.29) is 0 Å². The molecule has 0 saturated carbocycles. The van der Waals surface area contributed by atoms with Crippen LogP contribution in [0.4, 0.5) is 23.1 Å². The Bertz CT molecular complexity index is 1040. The van der Waals surface area contributed by atoms with E-state index in [1.165, 1.54) is 18.2 Å². The molecule has 144 valence electrons. The van der Waals surface area contributed by atoms with Gasteiger partial charge in [0.2, 0.25) is 5.95 Å². The van der Waals surface area contributed by atoms with Crippen LogP contribution in [0.25, 0.3) is 0 Å². The van der Waals surface area contributed by atoms with Crippen molar-refractivity contribution in [1.82, 2.24) is 9.97 Å². The fourth-order valence-electron chi connectivity index (χ4n) is 2.64. The molecule has 3 rings (SSSR count). The molecule has 2 N–H and O–H groups in total. The van der Waals surface area contributed by atoms with Gasteiger partial charge in [-0.2, -0.15) is 4.98 Å². The van der Waals surface area contributed by atoms with Crippen LogP contribution in [-0.4, -0.2) is 23.0 Å². The fourth-order valence-corrected chi connectivity index (χ4v) is 2.81. The van der Waals surface area contributed by atoms with E-state index in [1.54, 1.807) is 24.3 Å². The van der Waals surface area contributed by atoms with Gasteiger partial charge >= 0.3 is 5.97 Å². The van der Waals surface area contributed by atoms with Gasteiger partial charge in [0.15, 0.2) is 0 Å². The molecule has 0 unspecified atom stereocenters. The summed E-state index contributed by atoms with van der Waals surface area (Å²) >= 11 is 6.26. The van der Waals surface area contributed by atoms with E-state index in [0.717, 1.165) is 11.4 Å². The van der Waals surface area contributed by atoms with Crippen LogP contribution in [0.3, 0.4) is 0 Å². The molecule has 7 heteroatoms. The first-order valence-electron chi connectivity index (χ1n) is 8.70. The third-order valence-electron chi connectivity index (χ3n) is 4.27. The minimum atomic E-state index is -0.435. The first kappa shape index (κ1) is 19.6. The summed E-state index contributed by atoms with van der Waals surface area (Å²) in [5.41, 5.74) is 5.04. The van der Waals surface area contributed by atoms with Crippen LogP contribution >= 0.6 is 11.6 Å². The van der Waals surface area contributed by atoms with E-state index < -0.39 is 5.97 Å². The normalized spacial score (nSPS) is 10.5. The Hall–Kier alpha value is -3.12. The molecule has 0 amide bonds. The molecule has 0 spiro atoms. The number of esters is 1. The molecule has 3 aromatic rings. The molecule has 0 aliphatic heterocycles. The third kappa shape index (κ3) is 4.58. The van der Waals surface area contributed by atoms with E-state index in [2.05, 4.69) is 34.4 Å². The highest BCUT2D eigenvalue weighted by Crippen LogP contribution is 2.27. The number of aryl methyl sites for hydroxylation is 3. The summed E-state index contributed by atoms with van der Waals surface area (Å²) in [6.45, 7) is 6.00. The van der Waals surface area contributed by atoms with Crippen molar-refractivity contribution in [3.63, 3.8) is 0 Å². The monoisotopic (exact) mass is 396 g/mol. The standard InChI is InChI=1S/C21H21ClN4O2/c1-12-5-7-16(9-13(12)2)24-21-23-14(3)10-19(26-21)25-18-11-15(20(27)28-4)6-8-17(18)22/h5-11H,1-4H3,(H2,23,24,25,26). The second-order valence-electron chi connectivity index (χ2n) is 6.45. The van der Waals surface area contributed by atoms with Crippen molar-refractivity contribution in [2.45, 2.75) is 20.8 Å². The number of methoxy groups -OCH3 is 1. The highest BCUT2D eigenvalue weighted by Gasteiger charge is 2.11. The SMILES string of the molecule is COC(=O)c1ccc(Cl)c(Nc2cc(C)nc(Nc3ccc(C)c(C)c3)n2)c1. The van der Waals surface area contributed by atoms with Gasteiger partial charge in [0.25, 0.3) is 0 Å². The zero-order valence-corrected chi connectivity index (χ0v) is 16.9. The summed E-state index contributed by atoms with van der Waals surface area (Å²) in [6.07, 6.45) is 0. The van der Waals surface area contributed by atoms with E-state index in [9.17, 15) is 4.79 Å². The third-order valence-corrected chi connectivity index (χ3v) is 4.60. The van der Waals surface area contributed by atoms with Gasteiger partial charge in [0, 0.05) is 17.4 Å². The van der Waals surface area contributed by atoms with Gasteiger partial charge in [0.1, 0.15) is 5.82 Å². The number of hydrogen-bond donors (Lipinski definition) is 2.